The maximum atomic E-state index is 4.19. The van der Waals surface area contributed by atoms with Crippen LogP contribution in [0.25, 0.3) is 0 Å². The van der Waals surface area contributed by atoms with Gasteiger partial charge in [-0.15, -0.1) is 0 Å². The molecule has 0 saturated carbocycles. The molecular formula is C25H32N2. The first-order chi connectivity index (χ1) is 13.2. The van der Waals surface area contributed by atoms with Crippen molar-refractivity contribution in [2.45, 2.75) is 44.4 Å². The highest BCUT2D eigenvalue weighted by atomic mass is 15.2. The van der Waals surface area contributed by atoms with Crippen LogP contribution in [0.1, 0.15) is 48.3 Å². The summed E-state index contributed by atoms with van der Waals surface area (Å²) in [6, 6.07) is 20.4. The molecule has 2 nitrogen and oxygen atoms in total. The van der Waals surface area contributed by atoms with E-state index in [9.17, 15) is 0 Å². The summed E-state index contributed by atoms with van der Waals surface area (Å²) < 4.78 is 0. The minimum atomic E-state index is 0.350. The molecule has 1 saturated heterocycles. The molecule has 1 atom stereocenters. The zero-order valence-corrected chi connectivity index (χ0v) is 16.6. The maximum absolute atomic E-state index is 4.19. The van der Waals surface area contributed by atoms with Gasteiger partial charge in [-0.1, -0.05) is 61.2 Å². The fraction of sp³-hybridized carbons (Fsp3) is 0.440. The van der Waals surface area contributed by atoms with E-state index in [0.717, 1.165) is 18.9 Å². The summed E-state index contributed by atoms with van der Waals surface area (Å²) in [5.74, 6) is 1.74. The molecule has 0 radical (unpaired) electrons. The first-order valence-corrected chi connectivity index (χ1v) is 10.5. The van der Waals surface area contributed by atoms with Gasteiger partial charge in [0.2, 0.25) is 0 Å². The van der Waals surface area contributed by atoms with E-state index in [2.05, 4.69) is 71.4 Å². The predicted octanol–water partition coefficient (Wildman–Crippen LogP) is 5.12. The van der Waals surface area contributed by atoms with Gasteiger partial charge < -0.3 is 10.2 Å². The number of rotatable bonds is 5. The van der Waals surface area contributed by atoms with Crippen LogP contribution < -0.4 is 5.32 Å². The number of piperidine rings is 1. The van der Waals surface area contributed by atoms with Crippen molar-refractivity contribution in [1.29, 1.82) is 0 Å². The maximum Gasteiger partial charge on any atom is 0.0936 e. The average molecular weight is 361 g/mol. The van der Waals surface area contributed by atoms with E-state index in [1.807, 2.05) is 7.05 Å². The molecule has 0 spiro atoms. The molecule has 1 heterocycles. The molecule has 142 valence electrons. The Bertz CT molecular complexity index is 772. The van der Waals surface area contributed by atoms with Gasteiger partial charge in [0.15, 0.2) is 0 Å². The van der Waals surface area contributed by atoms with E-state index in [1.54, 1.807) is 11.1 Å². The molecule has 2 aliphatic rings. The minimum absolute atomic E-state index is 0.350. The largest absolute Gasteiger partial charge is 0.375 e. The molecule has 1 N–H and O–H groups in total. The van der Waals surface area contributed by atoms with Gasteiger partial charge in [-0.05, 0) is 66.5 Å². The third-order valence-electron chi connectivity index (χ3n) is 6.94. The van der Waals surface area contributed by atoms with Crippen molar-refractivity contribution in [3.05, 3.63) is 83.7 Å². The highest BCUT2D eigenvalue weighted by Crippen LogP contribution is 2.51. The lowest BCUT2D eigenvalue weighted by Crippen LogP contribution is -2.46. The van der Waals surface area contributed by atoms with Crippen molar-refractivity contribution in [3.8, 4) is 0 Å². The number of hydrogen-bond acceptors (Lipinski definition) is 2. The summed E-state index contributed by atoms with van der Waals surface area (Å²) in [4.78, 5) is 2.43. The Balaban J connectivity index is 1.67. The SMILES string of the molecule is C=C(NC)N1CCC(Cc2ccccc2)(C2CCCc3ccccc32)CC1. The van der Waals surface area contributed by atoms with Crippen LogP contribution in [0, 0.1) is 5.41 Å². The van der Waals surface area contributed by atoms with E-state index in [1.165, 1.54) is 44.1 Å². The van der Waals surface area contributed by atoms with Crippen LogP contribution in [-0.2, 0) is 12.8 Å². The second-order valence-electron chi connectivity index (χ2n) is 8.35. The lowest BCUT2D eigenvalue weighted by atomic mass is 9.59. The van der Waals surface area contributed by atoms with Gasteiger partial charge in [0.05, 0.1) is 5.82 Å². The van der Waals surface area contributed by atoms with Crippen molar-refractivity contribution in [1.82, 2.24) is 10.2 Å². The molecule has 0 aromatic heterocycles. The standard InChI is InChI=1S/C25H32N2/c1-20(26-2)27-17-15-25(16-18-27,19-21-9-4-3-5-10-21)24-14-8-12-22-11-6-7-13-23(22)24/h3-7,9-11,13,24,26H,1,8,12,14-19H2,2H3. The third-order valence-corrected chi connectivity index (χ3v) is 6.94. The highest BCUT2D eigenvalue weighted by molar-refractivity contribution is 5.35. The number of aryl methyl sites for hydroxylation is 1. The van der Waals surface area contributed by atoms with Crippen LogP contribution >= 0.6 is 0 Å². The molecule has 27 heavy (non-hydrogen) atoms. The zero-order valence-electron chi connectivity index (χ0n) is 16.6. The minimum Gasteiger partial charge on any atom is -0.375 e. The van der Waals surface area contributed by atoms with Crippen molar-refractivity contribution in [3.63, 3.8) is 0 Å². The quantitative estimate of drug-likeness (QED) is 0.796. The monoisotopic (exact) mass is 360 g/mol. The van der Waals surface area contributed by atoms with Gasteiger partial charge in [0, 0.05) is 20.1 Å². The Hall–Kier alpha value is -2.22. The number of nitrogens with zero attached hydrogens (tertiary/aromatic N) is 1. The number of benzene rings is 2. The summed E-state index contributed by atoms with van der Waals surface area (Å²) in [5, 5.41) is 3.24. The average Bonchev–Trinajstić information content (AvgIpc) is 2.74. The van der Waals surface area contributed by atoms with E-state index in [4.69, 9.17) is 0 Å². The van der Waals surface area contributed by atoms with Gasteiger partial charge >= 0.3 is 0 Å². The lowest BCUT2D eigenvalue weighted by molar-refractivity contribution is 0.0847. The molecule has 0 amide bonds. The molecule has 1 aliphatic heterocycles. The zero-order chi connectivity index (χ0) is 18.7. The summed E-state index contributed by atoms with van der Waals surface area (Å²) in [7, 11) is 1.98. The van der Waals surface area contributed by atoms with Crippen LogP contribution in [0.15, 0.2) is 67.0 Å². The van der Waals surface area contributed by atoms with Crippen molar-refractivity contribution in [2.75, 3.05) is 20.1 Å². The van der Waals surface area contributed by atoms with Crippen LogP contribution in [-0.4, -0.2) is 25.0 Å². The van der Waals surface area contributed by atoms with Crippen molar-refractivity contribution < 1.29 is 0 Å². The summed E-state index contributed by atoms with van der Waals surface area (Å²) in [6.07, 6.45) is 7.56. The smallest absolute Gasteiger partial charge is 0.0936 e. The fourth-order valence-corrected chi connectivity index (χ4v) is 5.42. The first-order valence-electron chi connectivity index (χ1n) is 10.5. The van der Waals surface area contributed by atoms with Crippen LogP contribution in [0.3, 0.4) is 0 Å². The number of nitrogens with one attached hydrogen (secondary N) is 1. The van der Waals surface area contributed by atoms with Crippen molar-refractivity contribution in [2.24, 2.45) is 5.41 Å². The Morgan fingerprint density at radius 2 is 1.78 bits per heavy atom. The van der Waals surface area contributed by atoms with E-state index >= 15 is 0 Å². The summed E-state index contributed by atoms with van der Waals surface area (Å²) >= 11 is 0. The summed E-state index contributed by atoms with van der Waals surface area (Å²) in [5.41, 5.74) is 5.05. The Morgan fingerprint density at radius 3 is 2.52 bits per heavy atom. The Morgan fingerprint density at radius 1 is 1.07 bits per heavy atom. The topological polar surface area (TPSA) is 15.3 Å². The molecule has 1 aliphatic carbocycles. The molecular weight excluding hydrogens is 328 g/mol. The first kappa shape index (κ1) is 18.2. The van der Waals surface area contributed by atoms with E-state index in [0.29, 0.717) is 11.3 Å². The second-order valence-corrected chi connectivity index (χ2v) is 8.35. The molecule has 2 aromatic carbocycles. The van der Waals surface area contributed by atoms with Gasteiger partial charge in [-0.2, -0.15) is 0 Å². The highest BCUT2D eigenvalue weighted by Gasteiger charge is 2.43. The van der Waals surface area contributed by atoms with Gasteiger partial charge in [0.1, 0.15) is 0 Å². The lowest BCUT2D eigenvalue weighted by Gasteiger charge is -2.49. The fourth-order valence-electron chi connectivity index (χ4n) is 5.42. The molecule has 4 rings (SSSR count). The van der Waals surface area contributed by atoms with Gasteiger partial charge in [-0.3, -0.25) is 0 Å². The second kappa shape index (κ2) is 7.80. The predicted molar refractivity (Wildman–Crippen MR) is 114 cm³/mol. The number of hydrogen-bond donors (Lipinski definition) is 1. The van der Waals surface area contributed by atoms with E-state index < -0.39 is 0 Å². The Kier molecular flexibility index (Phi) is 5.24. The normalized spacial score (nSPS) is 21.4. The van der Waals surface area contributed by atoms with E-state index in [-0.39, 0.29) is 0 Å². The van der Waals surface area contributed by atoms with Gasteiger partial charge in [-0.25, -0.2) is 0 Å². The number of fused-ring (bicyclic) bond motifs is 1. The third kappa shape index (κ3) is 3.63. The molecule has 2 heteroatoms. The van der Waals surface area contributed by atoms with Crippen LogP contribution in [0.2, 0.25) is 0 Å². The molecule has 1 unspecified atom stereocenters. The van der Waals surface area contributed by atoms with Gasteiger partial charge in [0.25, 0.3) is 0 Å². The molecule has 1 fully saturated rings. The van der Waals surface area contributed by atoms with Crippen LogP contribution in [0.5, 0.6) is 0 Å². The Labute approximate surface area is 164 Å². The van der Waals surface area contributed by atoms with Crippen LogP contribution in [0.4, 0.5) is 0 Å². The summed E-state index contributed by atoms with van der Waals surface area (Å²) in [6.45, 7) is 6.40. The molecule has 2 aromatic rings. The molecule has 0 bridgehead atoms. The van der Waals surface area contributed by atoms with Crippen molar-refractivity contribution >= 4 is 0 Å². The number of likely N-dealkylation sites (tertiary alicyclic amines) is 1.